The zero-order valence-electron chi connectivity index (χ0n) is 11.5. The molecule has 0 saturated heterocycles. The van der Waals surface area contributed by atoms with Crippen molar-refractivity contribution in [3.63, 3.8) is 0 Å². The van der Waals surface area contributed by atoms with E-state index in [0.717, 1.165) is 0 Å². The average Bonchev–Trinajstić information content (AvgIpc) is 2.33. The predicted molar refractivity (Wildman–Crippen MR) is 70.8 cm³/mol. The fourth-order valence-corrected chi connectivity index (χ4v) is 0.803. The van der Waals surface area contributed by atoms with Crippen LogP contribution in [0.5, 0.6) is 0 Å². The monoisotopic (exact) mass is 274 g/mol. The second-order valence-corrected chi connectivity index (χ2v) is 3.98. The maximum absolute atomic E-state index is 10.2. The van der Waals surface area contributed by atoms with E-state index in [4.69, 9.17) is 20.4 Å². The molecule has 0 aromatic rings. The van der Waals surface area contributed by atoms with Crippen LogP contribution < -0.4 is 0 Å². The van der Waals surface area contributed by atoms with Gasteiger partial charge in [0.25, 0.3) is 0 Å². The van der Waals surface area contributed by atoms with E-state index in [1.165, 1.54) is 26.0 Å². The first kappa shape index (κ1) is 19.7. The average molecular weight is 274 g/mol. The number of hydrogen-bond donors (Lipinski definition) is 4. The van der Waals surface area contributed by atoms with Crippen LogP contribution in [0.3, 0.4) is 0 Å². The summed E-state index contributed by atoms with van der Waals surface area (Å²) in [6.07, 6.45) is 3.35. The van der Waals surface area contributed by atoms with Crippen molar-refractivity contribution in [1.82, 2.24) is 0 Å². The summed E-state index contributed by atoms with van der Waals surface area (Å²) in [4.78, 5) is 20.2. The van der Waals surface area contributed by atoms with Gasteiger partial charge in [-0.2, -0.15) is 0 Å². The largest absolute Gasteiger partial charge is 0.478 e. The Hall–Kier alpha value is -1.66. The van der Waals surface area contributed by atoms with Gasteiger partial charge in [-0.15, -0.1) is 0 Å². The molecule has 0 saturated carbocycles. The first-order valence-corrected chi connectivity index (χ1v) is 5.81. The van der Waals surface area contributed by atoms with Gasteiger partial charge in [-0.05, 0) is 33.6 Å². The Kier molecular flexibility index (Phi) is 11.8. The minimum absolute atomic E-state index is 0.00458. The summed E-state index contributed by atoms with van der Waals surface area (Å²) < 4.78 is 0. The molecule has 0 aromatic carbocycles. The van der Waals surface area contributed by atoms with Gasteiger partial charge in [-0.25, -0.2) is 9.59 Å². The standard InChI is InChI=1S/C7H12O3.C6H10O3/c1-5(7(9)10)3-4-6(2)8;1-5(6(8)9)3-2-4-7/h3,6,8H,4H2,1-2H3,(H,9,10);3,7H,2,4H2,1H3,(H,8,9). The van der Waals surface area contributed by atoms with Crippen LogP contribution in [0.2, 0.25) is 0 Å². The zero-order valence-corrected chi connectivity index (χ0v) is 11.5. The van der Waals surface area contributed by atoms with Crippen LogP contribution in [0.1, 0.15) is 33.6 Å². The van der Waals surface area contributed by atoms with Crippen molar-refractivity contribution in [2.75, 3.05) is 6.61 Å². The number of hydrogen-bond acceptors (Lipinski definition) is 4. The molecule has 1 unspecified atom stereocenters. The van der Waals surface area contributed by atoms with E-state index in [1.54, 1.807) is 6.92 Å². The third kappa shape index (κ3) is 14.3. The molecule has 0 radical (unpaired) electrons. The molecule has 19 heavy (non-hydrogen) atoms. The van der Waals surface area contributed by atoms with Crippen LogP contribution in [0.15, 0.2) is 23.3 Å². The molecule has 110 valence electrons. The third-order valence-electron chi connectivity index (χ3n) is 2.02. The van der Waals surface area contributed by atoms with Gasteiger partial charge in [0.2, 0.25) is 0 Å². The maximum Gasteiger partial charge on any atom is 0.330 e. The van der Waals surface area contributed by atoms with Crippen molar-refractivity contribution < 1.29 is 30.0 Å². The molecule has 1 atom stereocenters. The topological polar surface area (TPSA) is 115 Å². The summed E-state index contributed by atoms with van der Waals surface area (Å²) in [7, 11) is 0. The second kappa shape index (κ2) is 11.4. The summed E-state index contributed by atoms with van der Waals surface area (Å²) in [5.74, 6) is -1.86. The molecule has 0 spiro atoms. The van der Waals surface area contributed by atoms with Gasteiger partial charge in [0.05, 0.1) is 6.10 Å². The van der Waals surface area contributed by atoms with E-state index >= 15 is 0 Å². The molecule has 4 N–H and O–H groups in total. The van der Waals surface area contributed by atoms with E-state index in [0.29, 0.717) is 12.8 Å². The lowest BCUT2D eigenvalue weighted by atomic mass is 10.2. The molecule has 0 aliphatic rings. The number of aliphatic hydroxyl groups is 2. The fourth-order valence-electron chi connectivity index (χ4n) is 0.803. The number of rotatable bonds is 6. The molecule has 6 nitrogen and oxygen atoms in total. The van der Waals surface area contributed by atoms with Gasteiger partial charge in [0.1, 0.15) is 0 Å². The maximum atomic E-state index is 10.2. The smallest absolute Gasteiger partial charge is 0.330 e. The fraction of sp³-hybridized carbons (Fsp3) is 0.538. The Morgan fingerprint density at radius 3 is 1.79 bits per heavy atom. The highest BCUT2D eigenvalue weighted by Crippen LogP contribution is 1.98. The van der Waals surface area contributed by atoms with Gasteiger partial charge < -0.3 is 20.4 Å². The molecular formula is C13H22O6. The van der Waals surface area contributed by atoms with Gasteiger partial charge in [-0.1, -0.05) is 12.2 Å². The number of carboxylic acids is 2. The van der Waals surface area contributed by atoms with Gasteiger partial charge in [0, 0.05) is 17.8 Å². The molecular weight excluding hydrogens is 252 g/mol. The molecule has 0 aromatic heterocycles. The van der Waals surface area contributed by atoms with E-state index in [-0.39, 0.29) is 17.8 Å². The normalized spacial score (nSPS) is 13.3. The highest BCUT2D eigenvalue weighted by Gasteiger charge is 1.99. The number of carboxylic acid groups (broad SMARTS) is 2. The highest BCUT2D eigenvalue weighted by atomic mass is 16.4. The first-order chi connectivity index (χ1) is 8.72. The predicted octanol–water partition coefficient (Wildman–Crippen LogP) is 1.19. The SMILES string of the molecule is CC(=CCC(C)O)C(=O)O.CC(=CCCO)C(=O)O. The Labute approximate surface area is 112 Å². The number of carbonyl (C=O) groups is 2. The lowest BCUT2D eigenvalue weighted by Crippen LogP contribution is -2.00. The van der Waals surface area contributed by atoms with Crippen molar-refractivity contribution in [3.05, 3.63) is 23.3 Å². The Bertz CT molecular complexity index is 341. The molecule has 6 heteroatoms. The minimum Gasteiger partial charge on any atom is -0.478 e. The van der Waals surface area contributed by atoms with Crippen molar-refractivity contribution in [2.45, 2.75) is 39.7 Å². The van der Waals surface area contributed by atoms with Crippen LogP contribution in [0.25, 0.3) is 0 Å². The van der Waals surface area contributed by atoms with Crippen LogP contribution in [-0.4, -0.2) is 45.1 Å². The van der Waals surface area contributed by atoms with Crippen molar-refractivity contribution in [1.29, 1.82) is 0 Å². The van der Waals surface area contributed by atoms with Crippen LogP contribution >= 0.6 is 0 Å². The van der Waals surface area contributed by atoms with Crippen molar-refractivity contribution in [3.8, 4) is 0 Å². The van der Waals surface area contributed by atoms with Gasteiger partial charge in [-0.3, -0.25) is 0 Å². The molecule has 0 amide bonds. The summed E-state index contributed by atoms with van der Waals surface area (Å²) >= 11 is 0. The minimum atomic E-state index is -0.930. The molecule has 0 aliphatic heterocycles. The first-order valence-electron chi connectivity index (χ1n) is 5.81. The Balaban J connectivity index is 0. The van der Waals surface area contributed by atoms with E-state index in [1.807, 2.05) is 0 Å². The molecule has 0 rings (SSSR count). The summed E-state index contributed by atoms with van der Waals surface area (Å²) in [5.41, 5.74) is 0.560. The third-order valence-corrected chi connectivity index (χ3v) is 2.02. The lowest BCUT2D eigenvalue weighted by molar-refractivity contribution is -0.133. The molecule has 0 aliphatic carbocycles. The molecule has 0 bridgehead atoms. The number of aliphatic carboxylic acids is 2. The highest BCUT2D eigenvalue weighted by molar-refractivity contribution is 5.86. The zero-order chi connectivity index (χ0) is 15.4. The van der Waals surface area contributed by atoms with Crippen molar-refractivity contribution in [2.24, 2.45) is 0 Å². The van der Waals surface area contributed by atoms with Gasteiger partial charge >= 0.3 is 11.9 Å². The van der Waals surface area contributed by atoms with Crippen LogP contribution in [0, 0.1) is 0 Å². The summed E-state index contributed by atoms with van der Waals surface area (Å²) in [6.45, 7) is 4.62. The van der Waals surface area contributed by atoms with E-state index < -0.39 is 18.0 Å². The Morgan fingerprint density at radius 1 is 1.05 bits per heavy atom. The Morgan fingerprint density at radius 2 is 1.47 bits per heavy atom. The van der Waals surface area contributed by atoms with Crippen molar-refractivity contribution >= 4 is 11.9 Å². The quantitative estimate of drug-likeness (QED) is 0.541. The van der Waals surface area contributed by atoms with Gasteiger partial charge in [0.15, 0.2) is 0 Å². The van der Waals surface area contributed by atoms with E-state index in [9.17, 15) is 9.59 Å². The molecule has 0 fully saturated rings. The summed E-state index contributed by atoms with van der Waals surface area (Å²) in [5, 5.41) is 33.6. The number of aliphatic hydroxyl groups excluding tert-OH is 2. The van der Waals surface area contributed by atoms with E-state index in [2.05, 4.69) is 0 Å². The lowest BCUT2D eigenvalue weighted by Gasteiger charge is -1.97. The second-order valence-electron chi connectivity index (χ2n) is 3.98. The molecule has 0 heterocycles. The van der Waals surface area contributed by atoms with Crippen LogP contribution in [0.4, 0.5) is 0 Å². The summed E-state index contributed by atoms with van der Waals surface area (Å²) in [6, 6.07) is 0. The van der Waals surface area contributed by atoms with Crippen LogP contribution in [-0.2, 0) is 9.59 Å².